The Morgan fingerprint density at radius 2 is 1.80 bits per heavy atom. The van der Waals surface area contributed by atoms with Crippen LogP contribution in [0.2, 0.25) is 5.02 Å². The predicted molar refractivity (Wildman–Crippen MR) is 104 cm³/mol. The molecule has 138 valence electrons. The summed E-state index contributed by atoms with van der Waals surface area (Å²) in [7, 11) is 0. The number of benzene rings is 1. The maximum Gasteiger partial charge on any atom is 0.317 e. The first-order valence-corrected chi connectivity index (χ1v) is 9.86. The predicted octanol–water partition coefficient (Wildman–Crippen LogP) is 3.05. The minimum atomic E-state index is 0.0758. The molecule has 5 nitrogen and oxygen atoms in total. The Morgan fingerprint density at radius 1 is 1.04 bits per heavy atom. The number of nitrogens with one attached hydrogen (secondary N) is 1. The van der Waals surface area contributed by atoms with Gasteiger partial charge in [0.2, 0.25) is 0 Å². The van der Waals surface area contributed by atoms with Crippen molar-refractivity contribution in [2.24, 2.45) is 0 Å². The van der Waals surface area contributed by atoms with Crippen molar-refractivity contribution in [3.05, 3.63) is 29.3 Å². The first-order valence-electron chi connectivity index (χ1n) is 9.48. The number of carbonyl (C=O) groups excluding carboxylic acids is 1. The zero-order chi connectivity index (χ0) is 17.5. The lowest BCUT2D eigenvalue weighted by Gasteiger charge is -2.36. The Bertz CT molecular complexity index is 554. The van der Waals surface area contributed by atoms with Gasteiger partial charge in [-0.3, -0.25) is 0 Å². The largest absolute Gasteiger partial charge is 0.368 e. The first-order chi connectivity index (χ1) is 12.2. The van der Waals surface area contributed by atoms with Crippen LogP contribution in [0.5, 0.6) is 0 Å². The molecule has 1 aromatic carbocycles. The minimum absolute atomic E-state index is 0.0758. The second-order valence-corrected chi connectivity index (χ2v) is 7.38. The summed E-state index contributed by atoms with van der Waals surface area (Å²) in [6.45, 7) is 7.67. The second kappa shape index (κ2) is 9.30. The summed E-state index contributed by atoms with van der Waals surface area (Å²) in [6, 6.07) is 7.99. The van der Waals surface area contributed by atoms with E-state index in [-0.39, 0.29) is 6.03 Å². The summed E-state index contributed by atoms with van der Waals surface area (Å²) in [6.07, 6.45) is 4.92. The Hall–Kier alpha value is -1.46. The van der Waals surface area contributed by atoms with E-state index in [9.17, 15) is 4.79 Å². The van der Waals surface area contributed by atoms with Gasteiger partial charge in [-0.1, -0.05) is 17.7 Å². The zero-order valence-corrected chi connectivity index (χ0v) is 15.7. The maximum atomic E-state index is 12.3. The molecular formula is C19H29ClN4O. The van der Waals surface area contributed by atoms with E-state index in [0.717, 1.165) is 49.9 Å². The molecule has 6 heteroatoms. The van der Waals surface area contributed by atoms with Crippen LogP contribution in [0.15, 0.2) is 24.3 Å². The molecule has 0 radical (unpaired) electrons. The monoisotopic (exact) mass is 364 g/mol. The summed E-state index contributed by atoms with van der Waals surface area (Å²) in [5.41, 5.74) is 1.13. The molecule has 0 saturated carbocycles. The van der Waals surface area contributed by atoms with Gasteiger partial charge in [0.15, 0.2) is 0 Å². The molecular weight excluding hydrogens is 336 g/mol. The summed E-state index contributed by atoms with van der Waals surface area (Å²) in [4.78, 5) is 19.0. The van der Waals surface area contributed by atoms with Crippen molar-refractivity contribution in [1.82, 2.24) is 15.1 Å². The van der Waals surface area contributed by atoms with Gasteiger partial charge in [0.1, 0.15) is 0 Å². The van der Waals surface area contributed by atoms with Crippen molar-refractivity contribution in [1.29, 1.82) is 0 Å². The van der Waals surface area contributed by atoms with Crippen molar-refractivity contribution in [3.63, 3.8) is 0 Å². The maximum absolute atomic E-state index is 12.3. The lowest BCUT2D eigenvalue weighted by atomic mass is 10.2. The van der Waals surface area contributed by atoms with Crippen molar-refractivity contribution in [2.45, 2.75) is 25.7 Å². The van der Waals surface area contributed by atoms with Crippen LogP contribution in [-0.2, 0) is 0 Å². The number of piperazine rings is 1. The van der Waals surface area contributed by atoms with Gasteiger partial charge >= 0.3 is 6.03 Å². The quantitative estimate of drug-likeness (QED) is 0.788. The number of hydrogen-bond acceptors (Lipinski definition) is 3. The molecule has 0 spiro atoms. The number of amides is 2. The molecule has 3 rings (SSSR count). The van der Waals surface area contributed by atoms with Crippen LogP contribution in [0.4, 0.5) is 10.5 Å². The molecule has 2 aliphatic heterocycles. The molecule has 0 aliphatic carbocycles. The van der Waals surface area contributed by atoms with Crippen LogP contribution >= 0.6 is 11.6 Å². The summed E-state index contributed by atoms with van der Waals surface area (Å²) in [5, 5.41) is 3.83. The van der Waals surface area contributed by atoms with Crippen LogP contribution in [0.25, 0.3) is 0 Å². The third-order valence-electron chi connectivity index (χ3n) is 5.12. The topological polar surface area (TPSA) is 38.8 Å². The van der Waals surface area contributed by atoms with Crippen LogP contribution < -0.4 is 10.2 Å². The fourth-order valence-corrected chi connectivity index (χ4v) is 3.80. The summed E-state index contributed by atoms with van der Waals surface area (Å²) < 4.78 is 0. The number of unbranched alkanes of at least 4 members (excludes halogenated alkanes) is 1. The third-order valence-corrected chi connectivity index (χ3v) is 5.35. The lowest BCUT2D eigenvalue weighted by molar-refractivity contribution is 0.194. The van der Waals surface area contributed by atoms with Crippen LogP contribution in [0.3, 0.4) is 0 Å². The highest BCUT2D eigenvalue weighted by Gasteiger charge is 2.21. The highest BCUT2D eigenvalue weighted by molar-refractivity contribution is 6.30. The molecule has 2 aliphatic rings. The van der Waals surface area contributed by atoms with E-state index in [4.69, 9.17) is 11.6 Å². The van der Waals surface area contributed by atoms with Gasteiger partial charge in [-0.05, 0) is 63.5 Å². The molecule has 2 heterocycles. The molecule has 0 atom stereocenters. The average molecular weight is 365 g/mol. The number of likely N-dealkylation sites (tertiary alicyclic amines) is 1. The number of halogens is 1. The number of nitrogens with zero attached hydrogens (tertiary/aromatic N) is 3. The molecule has 1 N–H and O–H groups in total. The SMILES string of the molecule is O=C(NCCCCN1CCCC1)N1CCN(c2cccc(Cl)c2)CC1. The molecule has 2 fully saturated rings. The Morgan fingerprint density at radius 3 is 2.52 bits per heavy atom. The molecule has 0 bridgehead atoms. The zero-order valence-electron chi connectivity index (χ0n) is 14.9. The number of carbonyl (C=O) groups is 1. The van der Waals surface area contributed by atoms with Gasteiger partial charge in [-0.25, -0.2) is 4.79 Å². The lowest BCUT2D eigenvalue weighted by Crippen LogP contribution is -2.52. The van der Waals surface area contributed by atoms with Crippen molar-refractivity contribution >= 4 is 23.3 Å². The van der Waals surface area contributed by atoms with E-state index in [1.54, 1.807) is 0 Å². The van der Waals surface area contributed by atoms with Crippen molar-refractivity contribution in [3.8, 4) is 0 Å². The fraction of sp³-hybridized carbons (Fsp3) is 0.632. The number of hydrogen-bond donors (Lipinski definition) is 1. The Labute approximate surface area is 155 Å². The van der Waals surface area contributed by atoms with Crippen LogP contribution in [0, 0.1) is 0 Å². The first kappa shape index (κ1) is 18.3. The molecule has 0 unspecified atom stereocenters. The molecule has 1 aromatic rings. The number of urea groups is 1. The molecule has 0 aromatic heterocycles. The average Bonchev–Trinajstić information content (AvgIpc) is 3.15. The number of rotatable bonds is 6. The van der Waals surface area contributed by atoms with Gasteiger partial charge in [0, 0.05) is 43.4 Å². The minimum Gasteiger partial charge on any atom is -0.368 e. The van der Waals surface area contributed by atoms with E-state index in [1.807, 2.05) is 23.1 Å². The van der Waals surface area contributed by atoms with Gasteiger partial charge in [0.25, 0.3) is 0 Å². The fourth-order valence-electron chi connectivity index (χ4n) is 3.61. The van der Waals surface area contributed by atoms with Gasteiger partial charge in [-0.15, -0.1) is 0 Å². The van der Waals surface area contributed by atoms with Gasteiger partial charge in [-0.2, -0.15) is 0 Å². The van der Waals surface area contributed by atoms with Crippen molar-refractivity contribution in [2.75, 3.05) is 57.3 Å². The van der Waals surface area contributed by atoms with Crippen molar-refractivity contribution < 1.29 is 4.79 Å². The highest BCUT2D eigenvalue weighted by atomic mass is 35.5. The molecule has 2 amide bonds. The van der Waals surface area contributed by atoms with Crippen LogP contribution in [-0.4, -0.2) is 68.2 Å². The van der Waals surface area contributed by atoms with Gasteiger partial charge in [0.05, 0.1) is 0 Å². The smallest absolute Gasteiger partial charge is 0.317 e. The third kappa shape index (κ3) is 5.51. The Kier molecular flexibility index (Phi) is 6.82. The second-order valence-electron chi connectivity index (χ2n) is 6.94. The summed E-state index contributed by atoms with van der Waals surface area (Å²) >= 11 is 6.06. The van der Waals surface area contributed by atoms with E-state index in [2.05, 4.69) is 21.2 Å². The van der Waals surface area contributed by atoms with Crippen LogP contribution in [0.1, 0.15) is 25.7 Å². The van der Waals surface area contributed by atoms with Gasteiger partial charge < -0.3 is 20.0 Å². The van der Waals surface area contributed by atoms with E-state index < -0.39 is 0 Å². The Balaban J connectivity index is 1.31. The standard InChI is InChI=1S/C19H29ClN4O/c20-17-6-5-7-18(16-17)23-12-14-24(15-13-23)19(25)21-8-1-2-9-22-10-3-4-11-22/h5-7,16H,1-4,8-15H2,(H,21,25). The van der Waals surface area contributed by atoms with E-state index in [0.29, 0.717) is 0 Å². The van der Waals surface area contributed by atoms with E-state index >= 15 is 0 Å². The highest BCUT2D eigenvalue weighted by Crippen LogP contribution is 2.20. The van der Waals surface area contributed by atoms with E-state index in [1.165, 1.54) is 38.9 Å². The normalized spacial score (nSPS) is 18.6. The summed E-state index contributed by atoms with van der Waals surface area (Å²) in [5.74, 6) is 0. The molecule has 2 saturated heterocycles. The number of anilines is 1. The molecule has 25 heavy (non-hydrogen) atoms.